The molecule has 3 N–H and O–H groups in total. The van der Waals surface area contributed by atoms with E-state index in [0.717, 1.165) is 37.6 Å². The molecule has 4 aliphatic rings. The molecule has 0 atom stereocenters. The van der Waals surface area contributed by atoms with Crippen molar-refractivity contribution in [1.82, 2.24) is 40.2 Å². The maximum atomic E-state index is 8.49. The van der Waals surface area contributed by atoms with Gasteiger partial charge in [-0.05, 0) is 48.5 Å². The summed E-state index contributed by atoms with van der Waals surface area (Å²) in [5.74, 6) is 0. The van der Waals surface area contributed by atoms with Crippen LogP contribution in [0.1, 0.15) is 61.9 Å². The van der Waals surface area contributed by atoms with Crippen molar-refractivity contribution in [3.8, 4) is 24.3 Å². The Balaban J connectivity index is -0.000000244. The fourth-order valence-corrected chi connectivity index (χ4v) is 4.39. The molecule has 0 unspecified atom stereocenters. The average Bonchev–Trinajstić information content (AvgIpc) is 3.29. The number of aliphatic imine (C=N–C) groups is 4. The molecule has 0 saturated heterocycles. The van der Waals surface area contributed by atoms with Crippen molar-refractivity contribution < 1.29 is 155 Å². The monoisotopic (exact) mass is 1280 g/mol. The number of aromatic nitrogens is 6. The summed E-state index contributed by atoms with van der Waals surface area (Å²) in [5.41, 5.74) is 4.84. The Morgan fingerprint density at radius 2 is 0.582 bits per heavy atom. The molecule has 4 bridgehead atoms. The van der Waals surface area contributed by atoms with Crippen molar-refractivity contribution in [2.24, 2.45) is 20.0 Å². The molecule has 4 aromatic heterocycles. The fourth-order valence-electron chi connectivity index (χ4n) is 4.39. The molecule has 4 aliphatic heterocycles. The number of pyridine rings is 2. The van der Waals surface area contributed by atoms with E-state index < -0.39 is 41.0 Å². The molecule has 4 aromatic rings. The first kappa shape index (κ1) is 87.4. The number of rotatable bonds is 4. The van der Waals surface area contributed by atoms with E-state index in [-0.39, 0.29) is 39.6 Å². The molecule has 8 rings (SSSR count). The molecular weight excluding hydrogens is 1230 g/mol. The van der Waals surface area contributed by atoms with Crippen LogP contribution >= 0.6 is 0 Å². The molecule has 0 fully saturated rings. The second-order valence-corrected chi connectivity index (χ2v) is 15.5. The van der Waals surface area contributed by atoms with E-state index in [1.54, 1.807) is 49.1 Å². The summed E-state index contributed by atoms with van der Waals surface area (Å²) in [6.45, 7) is 12.6. The van der Waals surface area contributed by atoms with Crippen molar-refractivity contribution in [3.05, 3.63) is 107 Å². The Morgan fingerprint density at radius 1 is 0.392 bits per heavy atom. The predicted octanol–water partition coefficient (Wildman–Crippen LogP) is -15.4. The number of nitriles is 4. The smallest absolute Gasteiger partial charge is 0.457 e. The van der Waals surface area contributed by atoms with Crippen molar-refractivity contribution in [2.75, 3.05) is 52.4 Å². The van der Waals surface area contributed by atoms with Crippen LogP contribution in [-0.4, -0.2) is 117 Å². The van der Waals surface area contributed by atoms with Gasteiger partial charge in [0.2, 0.25) is 0 Å². The van der Waals surface area contributed by atoms with Gasteiger partial charge in [0.05, 0.1) is 61.8 Å². The molecule has 0 spiro atoms. The van der Waals surface area contributed by atoms with Gasteiger partial charge in [0.25, 0.3) is 0 Å². The fraction of sp³-hybridized carbons (Fsp3) is 0.350. The molecule has 33 nitrogen and oxygen atoms in total. The third-order valence-electron chi connectivity index (χ3n) is 6.71. The molecule has 434 valence electrons. The van der Waals surface area contributed by atoms with Crippen molar-refractivity contribution >= 4 is 24.9 Å². The Morgan fingerprint density at radius 3 is 0.734 bits per heavy atom. The standard InChI is InChI=1S/C32H36N12.4C2H3N.4ClHO4.2Mn.H2O/c1-3-11-37-31(5-1)25-43-17-13-33-21-27-7-9-29(41-39-27)23-35-15-19-44(26-32-6-2-4-12-38-32)20-16-36-24-30-10-8-28(40-42-30)22-34-14-18-43;4*1-2-3;4*2-1(3,4)5;;;/h1-12,21-24H,13-20,25-26H2;4*1H3;4*(H,2,3,4,5);;;1H2/q;;;;;;;;;2*+2;/p-3. The topological polar surface area (TPSA) is 630 Å². The van der Waals surface area contributed by atoms with Gasteiger partial charge >= 0.3 is 34.1 Å². The molecule has 0 aromatic carbocycles. The van der Waals surface area contributed by atoms with Crippen LogP contribution in [0.25, 0.3) is 0 Å². The minimum atomic E-state index is -4.94. The van der Waals surface area contributed by atoms with Crippen molar-refractivity contribution in [1.29, 1.82) is 21.0 Å². The van der Waals surface area contributed by atoms with E-state index in [4.69, 9.17) is 95.6 Å². The van der Waals surface area contributed by atoms with E-state index in [9.17, 15) is 0 Å². The zero-order valence-corrected chi connectivity index (χ0v) is 47.2. The van der Waals surface area contributed by atoms with Gasteiger partial charge in [-0.2, -0.15) is 21.0 Å². The first-order valence-corrected chi connectivity index (χ1v) is 25.0. The summed E-state index contributed by atoms with van der Waals surface area (Å²) in [6, 6.07) is 26.5. The number of hydrogen-bond acceptors (Lipinski definition) is 32. The SMILES string of the molecule is C1=NCCN(Cc2ccccn2)CCN=Cc2ccc(nn2)C=NCCN(Cc2ccccn2)CCN=Cc2ccc1nn2.CC#N.CC#N.CC#N.CC#N.[Mn+2].[Mn+2].[O-][Cl+3]([O-])([O-])[O-].[O-][Cl+3]([O-])([O-])[O-].[O-][Cl+3]([O-])([O-])[O-].[O-][Cl+3]([O-])([O-])[O-].[OH3+]. The molecular formula is C40H51Cl4Mn2N16O17+. The van der Waals surface area contributed by atoms with Crippen molar-refractivity contribution in [3.63, 3.8) is 0 Å². The van der Waals surface area contributed by atoms with Gasteiger partial charge in [0.15, 0.2) is 0 Å². The maximum Gasteiger partial charge on any atom is 2.00 e. The quantitative estimate of drug-likeness (QED) is 0.135. The van der Waals surface area contributed by atoms with Crippen LogP contribution in [0.5, 0.6) is 0 Å². The summed E-state index contributed by atoms with van der Waals surface area (Å²) < 4.78 is 136. The minimum absolute atomic E-state index is 0. The van der Waals surface area contributed by atoms with Crippen LogP contribution in [0.3, 0.4) is 0 Å². The molecule has 8 heterocycles. The van der Waals surface area contributed by atoms with Gasteiger partial charge in [-0.3, -0.25) is 39.7 Å². The zero-order chi connectivity index (χ0) is 58.9. The Bertz CT molecular complexity index is 2050. The van der Waals surface area contributed by atoms with Gasteiger partial charge in [-0.1, -0.05) is 12.1 Å². The van der Waals surface area contributed by atoms with Crippen LogP contribution in [0.15, 0.2) is 93.0 Å². The first-order chi connectivity index (χ1) is 35.5. The second kappa shape index (κ2) is 54.5. The molecule has 0 amide bonds. The average molecular weight is 1280 g/mol. The molecule has 39 heteroatoms. The summed E-state index contributed by atoms with van der Waals surface area (Å²) in [4.78, 5) is 31.9. The Labute approximate surface area is 483 Å². The minimum Gasteiger partial charge on any atom is -0.457 e. The normalized spacial score (nSPS) is 12.4. The van der Waals surface area contributed by atoms with E-state index >= 15 is 0 Å². The van der Waals surface area contributed by atoms with Crippen LogP contribution in [0.4, 0.5) is 0 Å². The molecule has 0 saturated carbocycles. The molecule has 79 heavy (non-hydrogen) atoms. The summed E-state index contributed by atoms with van der Waals surface area (Å²) in [5, 5.41) is 46.4. The predicted molar refractivity (Wildman–Crippen MR) is 223 cm³/mol. The summed E-state index contributed by atoms with van der Waals surface area (Å²) >= 11 is 0. The van der Waals surface area contributed by atoms with Gasteiger partial charge in [0.1, 0.15) is 22.8 Å². The molecule has 2 radical (unpaired) electrons. The second-order valence-electron chi connectivity index (χ2n) is 12.5. The largest absolute Gasteiger partial charge is 2.00 e. The van der Waals surface area contributed by atoms with E-state index in [2.05, 4.69) is 60.1 Å². The number of hydrogen-bond donors (Lipinski definition) is 0. The van der Waals surface area contributed by atoms with Crippen LogP contribution in [0.2, 0.25) is 0 Å². The molecule has 0 aliphatic carbocycles. The van der Waals surface area contributed by atoms with E-state index in [1.807, 2.05) is 73.1 Å². The third-order valence-corrected chi connectivity index (χ3v) is 6.71. The van der Waals surface area contributed by atoms with Gasteiger partial charge in [0, 0.05) is 104 Å². The number of nitrogens with zero attached hydrogens (tertiary/aromatic N) is 16. The van der Waals surface area contributed by atoms with Crippen LogP contribution < -0.4 is 74.5 Å². The van der Waals surface area contributed by atoms with E-state index in [1.165, 1.54) is 27.7 Å². The third kappa shape index (κ3) is 81.5. The number of halogens is 4. The van der Waals surface area contributed by atoms with Gasteiger partial charge in [-0.25, -0.2) is 74.5 Å². The van der Waals surface area contributed by atoms with E-state index in [0.29, 0.717) is 62.0 Å². The maximum absolute atomic E-state index is 8.49. The Kier molecular flexibility index (Phi) is 60.3. The van der Waals surface area contributed by atoms with Crippen LogP contribution in [0, 0.1) is 86.3 Å². The van der Waals surface area contributed by atoms with Gasteiger partial charge < -0.3 is 5.48 Å². The summed E-state index contributed by atoms with van der Waals surface area (Å²) in [7, 11) is -19.8. The van der Waals surface area contributed by atoms with Crippen molar-refractivity contribution in [2.45, 2.75) is 40.8 Å². The van der Waals surface area contributed by atoms with Crippen LogP contribution in [-0.2, 0) is 52.7 Å². The Hall–Kier alpha value is -5.46. The first-order valence-electron chi connectivity index (χ1n) is 20.1. The zero-order valence-electron chi connectivity index (χ0n) is 41.8. The van der Waals surface area contributed by atoms with Gasteiger partial charge in [-0.15, -0.1) is 61.4 Å². The summed E-state index contributed by atoms with van der Waals surface area (Å²) in [6.07, 6.45) is 10.7.